The molecule has 0 aromatic carbocycles. The van der Waals surface area contributed by atoms with Crippen molar-refractivity contribution in [3.05, 3.63) is 36.3 Å². The predicted molar refractivity (Wildman–Crippen MR) is 107 cm³/mol. The van der Waals surface area contributed by atoms with Gasteiger partial charge in [-0.25, -0.2) is 14.5 Å². The molecule has 3 aromatic rings. The van der Waals surface area contributed by atoms with Gasteiger partial charge >= 0.3 is 0 Å². The highest BCUT2D eigenvalue weighted by Gasteiger charge is 2.20. The number of aryl methyl sites for hydroxylation is 1. The summed E-state index contributed by atoms with van der Waals surface area (Å²) in [4.78, 5) is 14.0. The molecule has 0 bridgehead atoms. The molecule has 146 valence electrons. The summed E-state index contributed by atoms with van der Waals surface area (Å²) in [6.07, 6.45) is 3.72. The van der Waals surface area contributed by atoms with E-state index in [0.717, 1.165) is 86.7 Å². The number of rotatable bonds is 3. The minimum absolute atomic E-state index is 0.741. The Hall–Kier alpha value is -2.71. The summed E-state index contributed by atoms with van der Waals surface area (Å²) in [5.74, 6) is 0.972. The molecule has 0 radical (unpaired) electrons. The maximum absolute atomic E-state index is 5.50. The molecule has 0 spiro atoms. The summed E-state index contributed by atoms with van der Waals surface area (Å²) in [6.45, 7) is 8.49. The molecular weight excluding hydrogens is 356 g/mol. The van der Waals surface area contributed by atoms with E-state index in [4.69, 9.17) is 14.5 Å². The third kappa shape index (κ3) is 3.08. The van der Waals surface area contributed by atoms with Crippen LogP contribution < -0.4 is 9.80 Å². The van der Waals surface area contributed by atoms with Crippen molar-refractivity contribution in [2.45, 2.75) is 6.92 Å². The Labute approximate surface area is 163 Å². The van der Waals surface area contributed by atoms with Gasteiger partial charge in [0.15, 0.2) is 5.65 Å². The summed E-state index contributed by atoms with van der Waals surface area (Å²) in [7, 11) is 0. The van der Waals surface area contributed by atoms with Crippen LogP contribution in [0.2, 0.25) is 0 Å². The summed E-state index contributed by atoms with van der Waals surface area (Å²) >= 11 is 0. The van der Waals surface area contributed by atoms with Crippen molar-refractivity contribution >= 4 is 17.2 Å². The highest BCUT2D eigenvalue weighted by Crippen LogP contribution is 2.30. The molecule has 5 heterocycles. The molecular formula is C20H24N6O2. The topological polar surface area (TPSA) is 68.0 Å². The van der Waals surface area contributed by atoms with Gasteiger partial charge in [-0.05, 0) is 25.1 Å². The van der Waals surface area contributed by atoms with Gasteiger partial charge in [0.25, 0.3) is 0 Å². The first-order valence-electron chi connectivity index (χ1n) is 9.77. The molecule has 8 heteroatoms. The first kappa shape index (κ1) is 17.4. The van der Waals surface area contributed by atoms with Crippen LogP contribution in [0.4, 0.5) is 11.5 Å². The fourth-order valence-corrected chi connectivity index (χ4v) is 3.96. The number of anilines is 2. The SMILES string of the molecule is Cc1nc2c(N3CCOCC3)ccnn2c1-c1ccnc(N2CCOCC2)c1. The van der Waals surface area contributed by atoms with Crippen molar-refractivity contribution in [2.24, 2.45) is 0 Å². The Morgan fingerprint density at radius 2 is 1.61 bits per heavy atom. The van der Waals surface area contributed by atoms with Gasteiger partial charge in [0.2, 0.25) is 0 Å². The highest BCUT2D eigenvalue weighted by atomic mass is 16.5. The molecule has 2 fully saturated rings. The second-order valence-electron chi connectivity index (χ2n) is 7.10. The second-order valence-corrected chi connectivity index (χ2v) is 7.10. The molecule has 0 aliphatic carbocycles. The lowest BCUT2D eigenvalue weighted by Gasteiger charge is -2.28. The van der Waals surface area contributed by atoms with Gasteiger partial charge in [0.1, 0.15) is 5.82 Å². The van der Waals surface area contributed by atoms with E-state index < -0.39 is 0 Å². The number of hydrogen-bond donors (Lipinski definition) is 0. The van der Waals surface area contributed by atoms with Gasteiger partial charge in [0, 0.05) is 37.9 Å². The molecule has 2 saturated heterocycles. The zero-order valence-corrected chi connectivity index (χ0v) is 16.0. The van der Waals surface area contributed by atoms with E-state index in [1.807, 2.05) is 36.0 Å². The van der Waals surface area contributed by atoms with Gasteiger partial charge in [-0.1, -0.05) is 0 Å². The summed E-state index contributed by atoms with van der Waals surface area (Å²) in [5, 5.41) is 4.62. The van der Waals surface area contributed by atoms with Crippen molar-refractivity contribution < 1.29 is 9.47 Å². The molecule has 8 nitrogen and oxygen atoms in total. The van der Waals surface area contributed by atoms with Crippen LogP contribution in [-0.4, -0.2) is 72.2 Å². The largest absolute Gasteiger partial charge is 0.378 e. The van der Waals surface area contributed by atoms with Crippen molar-refractivity contribution in [1.29, 1.82) is 0 Å². The van der Waals surface area contributed by atoms with E-state index in [9.17, 15) is 0 Å². The fourth-order valence-electron chi connectivity index (χ4n) is 3.96. The average molecular weight is 380 g/mol. The van der Waals surface area contributed by atoms with Crippen LogP contribution in [0.3, 0.4) is 0 Å². The molecule has 2 aliphatic rings. The van der Waals surface area contributed by atoms with Crippen LogP contribution in [0.15, 0.2) is 30.6 Å². The van der Waals surface area contributed by atoms with Gasteiger partial charge in [-0.15, -0.1) is 0 Å². The third-order valence-corrected chi connectivity index (χ3v) is 5.38. The first-order valence-corrected chi connectivity index (χ1v) is 9.77. The molecule has 3 aromatic heterocycles. The maximum atomic E-state index is 5.50. The Morgan fingerprint density at radius 1 is 0.893 bits per heavy atom. The Morgan fingerprint density at radius 3 is 2.36 bits per heavy atom. The van der Waals surface area contributed by atoms with Crippen LogP contribution >= 0.6 is 0 Å². The minimum atomic E-state index is 0.741. The zero-order valence-electron chi connectivity index (χ0n) is 16.0. The van der Waals surface area contributed by atoms with Crippen molar-refractivity contribution in [3.63, 3.8) is 0 Å². The van der Waals surface area contributed by atoms with E-state index in [2.05, 4.69) is 25.9 Å². The highest BCUT2D eigenvalue weighted by molar-refractivity contribution is 5.76. The monoisotopic (exact) mass is 380 g/mol. The molecule has 5 rings (SSSR count). The summed E-state index contributed by atoms with van der Waals surface area (Å²) < 4.78 is 12.9. The third-order valence-electron chi connectivity index (χ3n) is 5.38. The van der Waals surface area contributed by atoms with E-state index in [0.29, 0.717) is 0 Å². The standard InChI is InChI=1S/C20H24N6O2/c1-15-19(16-2-4-21-18(14-16)25-8-12-28-13-9-25)26-20(23-15)17(3-5-22-26)24-6-10-27-11-7-24/h2-5,14H,6-13H2,1H3. The normalized spacial score (nSPS) is 18.0. The summed E-state index contributed by atoms with van der Waals surface area (Å²) in [6, 6.07) is 6.21. The fraction of sp³-hybridized carbons (Fsp3) is 0.450. The van der Waals surface area contributed by atoms with Crippen molar-refractivity contribution in [1.82, 2.24) is 19.6 Å². The van der Waals surface area contributed by atoms with Crippen molar-refractivity contribution in [3.8, 4) is 11.3 Å². The Kier molecular flexibility index (Phi) is 4.58. The number of imidazole rings is 1. The number of pyridine rings is 1. The lowest BCUT2D eigenvalue weighted by molar-refractivity contribution is 0.122. The molecule has 0 saturated carbocycles. The van der Waals surface area contributed by atoms with E-state index in [1.54, 1.807) is 0 Å². The first-order chi connectivity index (χ1) is 13.8. The van der Waals surface area contributed by atoms with Gasteiger partial charge < -0.3 is 19.3 Å². The number of fused-ring (bicyclic) bond motifs is 1. The van der Waals surface area contributed by atoms with E-state index >= 15 is 0 Å². The van der Waals surface area contributed by atoms with Crippen LogP contribution in [0.25, 0.3) is 16.9 Å². The number of nitrogens with zero attached hydrogens (tertiary/aromatic N) is 6. The van der Waals surface area contributed by atoms with E-state index in [-0.39, 0.29) is 0 Å². The molecule has 28 heavy (non-hydrogen) atoms. The summed E-state index contributed by atoms with van der Waals surface area (Å²) in [5.41, 5.74) is 5.05. The second kappa shape index (κ2) is 7.37. The molecule has 0 unspecified atom stereocenters. The molecule has 2 aliphatic heterocycles. The quantitative estimate of drug-likeness (QED) is 0.686. The van der Waals surface area contributed by atoms with Crippen LogP contribution in [0, 0.1) is 6.92 Å². The number of hydrogen-bond acceptors (Lipinski definition) is 7. The van der Waals surface area contributed by atoms with Crippen LogP contribution in [0.5, 0.6) is 0 Å². The number of ether oxygens (including phenoxy) is 2. The van der Waals surface area contributed by atoms with Gasteiger partial charge in [-0.3, -0.25) is 0 Å². The van der Waals surface area contributed by atoms with Gasteiger partial charge in [-0.2, -0.15) is 5.10 Å². The van der Waals surface area contributed by atoms with Crippen LogP contribution in [0.1, 0.15) is 5.69 Å². The smallest absolute Gasteiger partial charge is 0.178 e. The number of morpholine rings is 2. The Bertz CT molecular complexity index is 976. The Balaban J connectivity index is 1.57. The maximum Gasteiger partial charge on any atom is 0.178 e. The molecule has 0 atom stereocenters. The van der Waals surface area contributed by atoms with Gasteiger partial charge in [0.05, 0.1) is 49.7 Å². The number of aromatic nitrogens is 4. The molecule has 0 N–H and O–H groups in total. The lowest BCUT2D eigenvalue weighted by atomic mass is 10.1. The van der Waals surface area contributed by atoms with E-state index in [1.165, 1.54) is 0 Å². The van der Waals surface area contributed by atoms with Crippen LogP contribution in [-0.2, 0) is 9.47 Å². The molecule has 0 amide bonds. The zero-order chi connectivity index (χ0) is 18.9. The van der Waals surface area contributed by atoms with Crippen molar-refractivity contribution in [2.75, 3.05) is 62.4 Å². The average Bonchev–Trinajstić information content (AvgIpc) is 3.11. The lowest BCUT2D eigenvalue weighted by Crippen LogP contribution is -2.36. The predicted octanol–water partition coefficient (Wildman–Crippen LogP) is 1.77. The minimum Gasteiger partial charge on any atom is -0.378 e.